The van der Waals surface area contributed by atoms with Gasteiger partial charge in [-0.15, -0.1) is 16.7 Å². The van der Waals surface area contributed by atoms with Crippen LogP contribution in [0.1, 0.15) is 28.2 Å². The van der Waals surface area contributed by atoms with Crippen molar-refractivity contribution in [3.63, 3.8) is 0 Å². The number of aryl methyl sites for hydroxylation is 1. The SMILES string of the molecule is Cc1nnsc1C(=O)N1CCC(CCl)CC1. The number of carbonyl (C=O) groups excluding carboxylic acids is 1. The van der Waals surface area contributed by atoms with Crippen LogP contribution in [0.5, 0.6) is 0 Å². The Morgan fingerprint density at radius 3 is 2.75 bits per heavy atom. The van der Waals surface area contributed by atoms with Crippen LogP contribution in [0.4, 0.5) is 0 Å². The molecule has 0 unspecified atom stereocenters. The molecule has 1 fully saturated rings. The molecule has 6 heteroatoms. The second kappa shape index (κ2) is 5.10. The molecule has 2 rings (SSSR count). The predicted octanol–water partition coefficient (Wildman–Crippen LogP) is 1.94. The number of piperidine rings is 1. The van der Waals surface area contributed by atoms with Gasteiger partial charge in [-0.2, -0.15) is 0 Å². The molecule has 4 nitrogen and oxygen atoms in total. The molecule has 0 aromatic carbocycles. The van der Waals surface area contributed by atoms with Crippen molar-refractivity contribution < 1.29 is 4.79 Å². The number of likely N-dealkylation sites (tertiary alicyclic amines) is 1. The third-order valence-electron chi connectivity index (χ3n) is 2.97. The minimum Gasteiger partial charge on any atom is -0.338 e. The van der Waals surface area contributed by atoms with Crippen molar-refractivity contribution in [3.8, 4) is 0 Å². The van der Waals surface area contributed by atoms with Crippen molar-refractivity contribution >= 4 is 29.0 Å². The third-order valence-corrected chi connectivity index (χ3v) is 4.22. The van der Waals surface area contributed by atoms with Gasteiger partial charge in [0.2, 0.25) is 0 Å². The van der Waals surface area contributed by atoms with Gasteiger partial charge in [-0.1, -0.05) is 4.49 Å². The molecular weight excluding hydrogens is 246 g/mol. The zero-order chi connectivity index (χ0) is 11.5. The lowest BCUT2D eigenvalue weighted by Gasteiger charge is -2.30. The lowest BCUT2D eigenvalue weighted by Crippen LogP contribution is -2.38. The molecule has 2 heterocycles. The number of aromatic nitrogens is 2. The second-order valence-corrected chi connectivity index (χ2v) is 5.14. The maximum absolute atomic E-state index is 12.1. The number of halogens is 1. The van der Waals surface area contributed by atoms with E-state index in [2.05, 4.69) is 9.59 Å². The maximum Gasteiger partial charge on any atom is 0.267 e. The van der Waals surface area contributed by atoms with Gasteiger partial charge >= 0.3 is 0 Å². The van der Waals surface area contributed by atoms with Gasteiger partial charge in [0.1, 0.15) is 4.88 Å². The van der Waals surface area contributed by atoms with E-state index in [1.54, 1.807) is 0 Å². The predicted molar refractivity (Wildman–Crippen MR) is 64.0 cm³/mol. The molecule has 1 aliphatic heterocycles. The number of carbonyl (C=O) groups is 1. The van der Waals surface area contributed by atoms with Crippen LogP contribution in [0.2, 0.25) is 0 Å². The fraction of sp³-hybridized carbons (Fsp3) is 0.700. The van der Waals surface area contributed by atoms with Crippen LogP contribution in [0.15, 0.2) is 0 Å². The van der Waals surface area contributed by atoms with E-state index in [-0.39, 0.29) is 5.91 Å². The molecule has 1 saturated heterocycles. The Hall–Kier alpha value is -0.680. The van der Waals surface area contributed by atoms with Crippen LogP contribution in [0, 0.1) is 12.8 Å². The molecule has 88 valence electrons. The zero-order valence-electron chi connectivity index (χ0n) is 9.15. The summed E-state index contributed by atoms with van der Waals surface area (Å²) >= 11 is 6.99. The summed E-state index contributed by atoms with van der Waals surface area (Å²) in [4.78, 5) is 14.7. The Morgan fingerprint density at radius 1 is 1.56 bits per heavy atom. The molecule has 0 aliphatic carbocycles. The highest BCUT2D eigenvalue weighted by Gasteiger charge is 2.25. The average Bonchev–Trinajstić information content (AvgIpc) is 2.75. The van der Waals surface area contributed by atoms with E-state index < -0.39 is 0 Å². The quantitative estimate of drug-likeness (QED) is 0.763. The Labute approximate surface area is 104 Å². The third kappa shape index (κ3) is 2.35. The van der Waals surface area contributed by atoms with Crippen LogP contribution in [0.25, 0.3) is 0 Å². The summed E-state index contributed by atoms with van der Waals surface area (Å²) in [7, 11) is 0. The normalized spacial score (nSPS) is 17.8. The fourth-order valence-electron chi connectivity index (χ4n) is 1.86. The molecule has 1 aromatic rings. The van der Waals surface area contributed by atoms with Crippen LogP contribution in [0.3, 0.4) is 0 Å². The molecule has 0 spiro atoms. The maximum atomic E-state index is 12.1. The first-order valence-electron chi connectivity index (χ1n) is 5.36. The smallest absolute Gasteiger partial charge is 0.267 e. The van der Waals surface area contributed by atoms with Gasteiger partial charge in [-0.25, -0.2) is 0 Å². The van der Waals surface area contributed by atoms with Crippen molar-refractivity contribution in [1.82, 2.24) is 14.5 Å². The van der Waals surface area contributed by atoms with Crippen molar-refractivity contribution in [2.24, 2.45) is 5.92 Å². The largest absolute Gasteiger partial charge is 0.338 e. The summed E-state index contributed by atoms with van der Waals surface area (Å²) < 4.78 is 3.79. The number of hydrogen-bond donors (Lipinski definition) is 0. The van der Waals surface area contributed by atoms with Gasteiger partial charge in [0.25, 0.3) is 5.91 Å². The van der Waals surface area contributed by atoms with Crippen LogP contribution < -0.4 is 0 Å². The molecule has 1 aromatic heterocycles. The molecule has 16 heavy (non-hydrogen) atoms. The Bertz CT molecular complexity index is 374. The van der Waals surface area contributed by atoms with E-state index in [1.165, 1.54) is 11.5 Å². The zero-order valence-corrected chi connectivity index (χ0v) is 10.7. The van der Waals surface area contributed by atoms with Crippen LogP contribution in [-0.2, 0) is 0 Å². The highest BCUT2D eigenvalue weighted by molar-refractivity contribution is 7.07. The lowest BCUT2D eigenvalue weighted by molar-refractivity contribution is 0.0702. The van der Waals surface area contributed by atoms with E-state index in [0.717, 1.165) is 31.6 Å². The summed E-state index contributed by atoms with van der Waals surface area (Å²) in [6, 6.07) is 0. The topological polar surface area (TPSA) is 46.1 Å². The van der Waals surface area contributed by atoms with Crippen molar-refractivity contribution in [2.75, 3.05) is 19.0 Å². The summed E-state index contributed by atoms with van der Waals surface area (Å²) in [6.45, 7) is 3.42. The molecule has 1 aliphatic rings. The molecule has 0 atom stereocenters. The standard InChI is InChI=1S/C10H14ClN3OS/c1-7-9(16-13-12-7)10(15)14-4-2-8(6-11)3-5-14/h8H,2-6H2,1H3. The fourth-order valence-corrected chi connectivity index (χ4v) is 2.80. The molecule has 0 saturated carbocycles. The second-order valence-electron chi connectivity index (χ2n) is 4.08. The van der Waals surface area contributed by atoms with Crippen LogP contribution >= 0.6 is 23.1 Å². The van der Waals surface area contributed by atoms with Gasteiger partial charge < -0.3 is 4.90 Å². The van der Waals surface area contributed by atoms with E-state index >= 15 is 0 Å². The van der Waals surface area contributed by atoms with Gasteiger partial charge in [-0.05, 0) is 37.2 Å². The molecule has 1 amide bonds. The minimum absolute atomic E-state index is 0.0699. The van der Waals surface area contributed by atoms with Crippen molar-refractivity contribution in [1.29, 1.82) is 0 Å². The van der Waals surface area contributed by atoms with E-state index in [9.17, 15) is 4.79 Å². The Kier molecular flexibility index (Phi) is 3.76. The van der Waals surface area contributed by atoms with Gasteiger partial charge in [0.15, 0.2) is 0 Å². The highest BCUT2D eigenvalue weighted by atomic mass is 35.5. The van der Waals surface area contributed by atoms with Gasteiger partial charge in [0, 0.05) is 19.0 Å². The summed E-state index contributed by atoms with van der Waals surface area (Å²) in [5, 5.41) is 3.86. The number of hydrogen-bond acceptors (Lipinski definition) is 4. The molecular formula is C10H14ClN3OS. The Morgan fingerprint density at radius 2 is 2.25 bits per heavy atom. The van der Waals surface area contributed by atoms with Crippen molar-refractivity contribution in [3.05, 3.63) is 10.6 Å². The summed E-state index contributed by atoms with van der Waals surface area (Å²) in [6.07, 6.45) is 2.00. The van der Waals surface area contributed by atoms with Crippen LogP contribution in [-0.4, -0.2) is 39.4 Å². The average molecular weight is 260 g/mol. The van der Waals surface area contributed by atoms with Crippen molar-refractivity contribution in [2.45, 2.75) is 19.8 Å². The van der Waals surface area contributed by atoms with Gasteiger partial charge in [-0.3, -0.25) is 4.79 Å². The summed E-state index contributed by atoms with van der Waals surface area (Å²) in [5.74, 6) is 1.33. The number of nitrogens with zero attached hydrogens (tertiary/aromatic N) is 3. The molecule has 0 N–H and O–H groups in total. The molecule has 0 bridgehead atoms. The highest BCUT2D eigenvalue weighted by Crippen LogP contribution is 2.21. The first-order chi connectivity index (χ1) is 7.72. The first kappa shape index (κ1) is 11.8. The monoisotopic (exact) mass is 259 g/mol. The number of amides is 1. The lowest BCUT2D eigenvalue weighted by atomic mass is 9.99. The number of rotatable bonds is 2. The van der Waals surface area contributed by atoms with E-state index in [1.807, 2.05) is 11.8 Å². The van der Waals surface area contributed by atoms with Gasteiger partial charge in [0.05, 0.1) is 5.69 Å². The number of alkyl halides is 1. The van der Waals surface area contributed by atoms with E-state index in [0.29, 0.717) is 16.7 Å². The minimum atomic E-state index is 0.0699. The molecule has 0 radical (unpaired) electrons. The van der Waals surface area contributed by atoms with E-state index in [4.69, 9.17) is 11.6 Å². The first-order valence-corrected chi connectivity index (χ1v) is 6.67. The Balaban J connectivity index is 2.00. The summed E-state index contributed by atoms with van der Waals surface area (Å²) in [5.41, 5.74) is 0.731.